The highest BCUT2D eigenvalue weighted by atomic mass is 16.7. The van der Waals surface area contributed by atoms with E-state index in [2.05, 4.69) is 16.0 Å². The summed E-state index contributed by atoms with van der Waals surface area (Å²) < 4.78 is 10.6. The van der Waals surface area contributed by atoms with Crippen LogP contribution in [-0.2, 0) is 25.6 Å². The monoisotopic (exact) mass is 549 g/mol. The second-order valence-corrected chi connectivity index (χ2v) is 10.6. The molecule has 4 atom stereocenters. The van der Waals surface area contributed by atoms with Gasteiger partial charge in [-0.3, -0.25) is 19.2 Å². The summed E-state index contributed by atoms with van der Waals surface area (Å²) in [6.07, 6.45) is 1.57. The molecule has 0 saturated carbocycles. The summed E-state index contributed by atoms with van der Waals surface area (Å²) in [4.78, 5) is 63.8. The molecule has 0 unspecified atom stereocenters. The molecule has 10 nitrogen and oxygen atoms in total. The highest BCUT2D eigenvalue weighted by molar-refractivity contribution is 5.99. The van der Waals surface area contributed by atoms with Crippen LogP contribution in [0.3, 0.4) is 0 Å². The largest absolute Gasteiger partial charge is 0.454 e. The molecule has 212 valence electrons. The molecule has 0 spiro atoms. The summed E-state index contributed by atoms with van der Waals surface area (Å²) in [5.74, 6) is -1.67. The summed E-state index contributed by atoms with van der Waals surface area (Å²) in [6.45, 7) is 4.27. The Morgan fingerprint density at radius 2 is 1.80 bits per heavy atom. The van der Waals surface area contributed by atoms with Gasteiger partial charge in [0, 0.05) is 30.4 Å². The van der Waals surface area contributed by atoms with Crippen molar-refractivity contribution >= 4 is 29.8 Å². The first-order valence-corrected chi connectivity index (χ1v) is 13.6. The number of amides is 3. The zero-order chi connectivity index (χ0) is 28.6. The van der Waals surface area contributed by atoms with Crippen LogP contribution in [0.4, 0.5) is 0 Å². The third-order valence-electron chi connectivity index (χ3n) is 7.27. The van der Waals surface area contributed by atoms with Gasteiger partial charge in [0.05, 0.1) is 12.1 Å². The maximum Gasteiger partial charge on any atom is 0.252 e. The van der Waals surface area contributed by atoms with E-state index < -0.39 is 29.8 Å². The van der Waals surface area contributed by atoms with E-state index in [0.29, 0.717) is 36.3 Å². The first-order chi connectivity index (χ1) is 19.2. The van der Waals surface area contributed by atoms with E-state index in [1.54, 1.807) is 18.2 Å². The number of aldehydes is 1. The van der Waals surface area contributed by atoms with Gasteiger partial charge in [0.15, 0.2) is 17.3 Å². The molecule has 2 aromatic rings. The number of hydrogen-bond acceptors (Lipinski definition) is 7. The normalized spacial score (nSPS) is 18.0. The molecule has 0 aromatic heterocycles. The molecule has 3 N–H and O–H groups in total. The molecule has 3 amide bonds. The summed E-state index contributed by atoms with van der Waals surface area (Å²) in [6, 6.07) is 12.4. The van der Waals surface area contributed by atoms with Crippen LogP contribution in [-0.4, -0.2) is 55.2 Å². The summed E-state index contributed by atoms with van der Waals surface area (Å²) in [5.41, 5.74) is 1.19. The number of benzene rings is 2. The number of ketones is 1. The van der Waals surface area contributed by atoms with Gasteiger partial charge in [-0.15, -0.1) is 0 Å². The van der Waals surface area contributed by atoms with Crippen LogP contribution in [0.5, 0.6) is 11.5 Å². The minimum absolute atomic E-state index is 0.0805. The Hall–Kier alpha value is -4.21. The number of carbonyl (C=O) groups excluding carboxylic acids is 5. The summed E-state index contributed by atoms with van der Waals surface area (Å²) in [7, 11) is 0. The van der Waals surface area contributed by atoms with Crippen molar-refractivity contribution in [1.29, 1.82) is 0 Å². The smallest absolute Gasteiger partial charge is 0.252 e. The molecule has 2 aliphatic rings. The van der Waals surface area contributed by atoms with E-state index in [9.17, 15) is 24.0 Å². The Kier molecular flexibility index (Phi) is 9.52. The Bertz CT molecular complexity index is 1250. The molecule has 0 aliphatic carbocycles. The quantitative estimate of drug-likeness (QED) is 0.326. The lowest BCUT2D eigenvalue weighted by Crippen LogP contribution is -2.47. The number of hydrogen-bond donors (Lipinski definition) is 3. The van der Waals surface area contributed by atoms with Crippen molar-refractivity contribution in [3.63, 3.8) is 0 Å². The van der Waals surface area contributed by atoms with E-state index >= 15 is 0 Å². The average Bonchev–Trinajstić information content (AvgIpc) is 3.59. The van der Waals surface area contributed by atoms with Crippen LogP contribution in [0.2, 0.25) is 0 Å². The zero-order valence-corrected chi connectivity index (χ0v) is 22.7. The highest BCUT2D eigenvalue weighted by Crippen LogP contribution is 2.32. The van der Waals surface area contributed by atoms with Crippen molar-refractivity contribution in [3.05, 3.63) is 59.7 Å². The van der Waals surface area contributed by atoms with Gasteiger partial charge < -0.3 is 30.2 Å². The minimum Gasteiger partial charge on any atom is -0.454 e. The van der Waals surface area contributed by atoms with Crippen LogP contribution < -0.4 is 25.4 Å². The van der Waals surface area contributed by atoms with Crippen molar-refractivity contribution < 1.29 is 33.4 Å². The van der Waals surface area contributed by atoms with Crippen molar-refractivity contribution in [3.8, 4) is 11.5 Å². The lowest BCUT2D eigenvalue weighted by atomic mass is 9.88. The van der Waals surface area contributed by atoms with Crippen molar-refractivity contribution in [2.24, 2.45) is 17.8 Å². The van der Waals surface area contributed by atoms with E-state index in [1.165, 1.54) is 0 Å². The Morgan fingerprint density at radius 1 is 1.05 bits per heavy atom. The lowest BCUT2D eigenvalue weighted by molar-refractivity contribution is -0.132. The van der Waals surface area contributed by atoms with Crippen molar-refractivity contribution in [2.45, 2.75) is 51.6 Å². The van der Waals surface area contributed by atoms with Gasteiger partial charge >= 0.3 is 0 Å². The maximum atomic E-state index is 13.6. The third-order valence-corrected chi connectivity index (χ3v) is 7.27. The van der Waals surface area contributed by atoms with Crippen LogP contribution >= 0.6 is 0 Å². The van der Waals surface area contributed by atoms with E-state index in [1.807, 2.05) is 44.2 Å². The van der Waals surface area contributed by atoms with E-state index in [-0.39, 0.29) is 49.6 Å². The molecule has 1 saturated heterocycles. The molecular formula is C30H35N3O7. The average molecular weight is 550 g/mol. The molecule has 2 aromatic carbocycles. The van der Waals surface area contributed by atoms with Gasteiger partial charge in [-0.1, -0.05) is 44.2 Å². The van der Waals surface area contributed by atoms with Gasteiger partial charge in [0.2, 0.25) is 18.6 Å². The predicted octanol–water partition coefficient (Wildman–Crippen LogP) is 2.20. The van der Waals surface area contributed by atoms with Crippen molar-refractivity contribution in [1.82, 2.24) is 16.0 Å². The van der Waals surface area contributed by atoms with Gasteiger partial charge in [-0.25, -0.2) is 0 Å². The number of nitrogens with one attached hydrogen (secondary N) is 3. The molecule has 0 bridgehead atoms. The van der Waals surface area contributed by atoms with Crippen LogP contribution in [0, 0.1) is 17.8 Å². The molecule has 10 heteroatoms. The Labute approximate surface area is 233 Å². The maximum absolute atomic E-state index is 13.6. The van der Waals surface area contributed by atoms with Crippen LogP contribution in [0.1, 0.15) is 49.0 Å². The van der Waals surface area contributed by atoms with Gasteiger partial charge in [0.1, 0.15) is 6.29 Å². The lowest BCUT2D eigenvalue weighted by Gasteiger charge is -2.25. The van der Waals surface area contributed by atoms with E-state index in [4.69, 9.17) is 9.47 Å². The number of carbonyl (C=O) groups is 5. The van der Waals surface area contributed by atoms with Gasteiger partial charge in [0.25, 0.3) is 5.91 Å². The number of fused-ring (bicyclic) bond motifs is 1. The minimum atomic E-state index is -0.846. The third kappa shape index (κ3) is 7.25. The first kappa shape index (κ1) is 28.8. The Balaban J connectivity index is 1.46. The second-order valence-electron chi connectivity index (χ2n) is 10.6. The number of rotatable bonds is 13. The van der Waals surface area contributed by atoms with Gasteiger partial charge in [-0.05, 0) is 48.9 Å². The molecule has 4 rings (SSSR count). The molecule has 2 heterocycles. The molecular weight excluding hydrogens is 514 g/mol. The van der Waals surface area contributed by atoms with E-state index in [0.717, 1.165) is 5.56 Å². The SMILES string of the molecule is CC(C)[C@H](NC(=O)c1ccc2c(c1)OCO2)C(=O)C[C@@H](Cc1ccccc1)C(=O)N[C@H](C=O)C[C@@H]1CCNC1=O. The fourth-order valence-corrected chi connectivity index (χ4v) is 5.03. The summed E-state index contributed by atoms with van der Waals surface area (Å²) in [5, 5.41) is 8.30. The Morgan fingerprint density at radius 3 is 2.48 bits per heavy atom. The predicted molar refractivity (Wildman–Crippen MR) is 146 cm³/mol. The number of ether oxygens (including phenoxy) is 2. The van der Waals surface area contributed by atoms with Crippen molar-refractivity contribution in [2.75, 3.05) is 13.3 Å². The molecule has 0 radical (unpaired) electrons. The topological polar surface area (TPSA) is 140 Å². The highest BCUT2D eigenvalue weighted by Gasteiger charge is 2.33. The summed E-state index contributed by atoms with van der Waals surface area (Å²) >= 11 is 0. The van der Waals surface area contributed by atoms with Gasteiger partial charge in [-0.2, -0.15) is 0 Å². The zero-order valence-electron chi connectivity index (χ0n) is 22.7. The fourth-order valence-electron chi connectivity index (χ4n) is 5.03. The molecule has 1 fully saturated rings. The standard InChI is InChI=1S/C30H35N3O7/c1-18(2)27(33-29(37)20-8-9-25-26(15-20)40-17-39-25)24(35)14-22(12-19-6-4-3-5-7-19)30(38)32-23(16-34)13-21-10-11-31-28(21)36/h3-9,15-16,18,21-23,27H,10-14,17H2,1-2H3,(H,31,36)(H,32,38)(H,33,37)/t21-,22+,23-,27-/m0/s1. The molecule has 40 heavy (non-hydrogen) atoms. The van der Waals surface area contributed by atoms with Crippen LogP contribution in [0.25, 0.3) is 0 Å². The second kappa shape index (κ2) is 13.2. The molecule has 2 aliphatic heterocycles. The first-order valence-electron chi connectivity index (χ1n) is 13.6. The number of Topliss-reactive ketones (excluding diaryl/α,β-unsaturated/α-hetero) is 1. The fraction of sp³-hybridized carbons (Fsp3) is 0.433. The van der Waals surface area contributed by atoms with Crippen LogP contribution in [0.15, 0.2) is 48.5 Å².